The zero-order chi connectivity index (χ0) is 19.7. The fraction of sp³-hybridized carbons (Fsp3) is 0.818. The maximum absolute atomic E-state index is 6.07. The van der Waals surface area contributed by atoms with E-state index in [2.05, 4.69) is 70.7 Å². The molecular formula is C22H43BO2Sn. The predicted octanol–water partition coefficient (Wildman–Crippen LogP) is 7.12. The van der Waals surface area contributed by atoms with Crippen LogP contribution in [0.5, 0.6) is 0 Å². The van der Waals surface area contributed by atoms with Crippen molar-refractivity contribution in [3.63, 3.8) is 0 Å². The molecule has 0 aromatic heterocycles. The van der Waals surface area contributed by atoms with Gasteiger partial charge in [-0.25, -0.2) is 0 Å². The van der Waals surface area contributed by atoms with Crippen LogP contribution >= 0.6 is 0 Å². The topological polar surface area (TPSA) is 18.5 Å². The van der Waals surface area contributed by atoms with Crippen molar-refractivity contribution >= 4 is 25.5 Å². The van der Waals surface area contributed by atoms with Crippen molar-refractivity contribution in [1.29, 1.82) is 0 Å². The van der Waals surface area contributed by atoms with Gasteiger partial charge in [0.2, 0.25) is 0 Å². The molecule has 0 radical (unpaired) electrons. The van der Waals surface area contributed by atoms with Gasteiger partial charge < -0.3 is 0 Å². The average Bonchev–Trinajstić information content (AvgIpc) is 2.79. The molecular weight excluding hydrogens is 426 g/mol. The molecule has 0 N–H and O–H groups in total. The molecule has 0 atom stereocenters. The van der Waals surface area contributed by atoms with Crippen LogP contribution < -0.4 is 0 Å². The van der Waals surface area contributed by atoms with E-state index in [4.69, 9.17) is 9.31 Å². The summed E-state index contributed by atoms with van der Waals surface area (Å²) in [6.45, 7) is 15.4. The standard InChI is InChI=1S/C10H16BO2.3C4H9.Sn/c1-6-7-8-11-12-9(2,3)10(4,5)13-11;3*1-3-4-2;/h1,6-8H,2-5H3;3*1,3-4H2,2H3;/b6-1?,8-7+;;;;. The molecule has 1 fully saturated rings. The quantitative estimate of drug-likeness (QED) is 0.224. The molecule has 0 aromatic carbocycles. The Kier molecular flexibility index (Phi) is 10.6. The monoisotopic (exact) mass is 470 g/mol. The van der Waals surface area contributed by atoms with Crippen LogP contribution in [0.1, 0.15) is 87.0 Å². The van der Waals surface area contributed by atoms with Gasteiger partial charge in [-0.2, -0.15) is 0 Å². The Morgan fingerprint density at radius 3 is 1.54 bits per heavy atom. The molecule has 150 valence electrons. The van der Waals surface area contributed by atoms with Crippen LogP contribution in [0.15, 0.2) is 22.2 Å². The van der Waals surface area contributed by atoms with Gasteiger partial charge in [-0.15, -0.1) is 0 Å². The maximum atomic E-state index is 6.07. The van der Waals surface area contributed by atoms with Gasteiger partial charge in [-0.1, -0.05) is 0 Å². The minimum absolute atomic E-state index is 0.226. The molecule has 1 rings (SSSR count). The molecule has 4 heteroatoms. The Morgan fingerprint density at radius 1 is 0.731 bits per heavy atom. The van der Waals surface area contributed by atoms with E-state index >= 15 is 0 Å². The Labute approximate surface area is 168 Å². The first-order chi connectivity index (χ1) is 12.2. The fourth-order valence-electron chi connectivity index (χ4n) is 3.59. The third-order valence-corrected chi connectivity index (χ3v) is 20.3. The van der Waals surface area contributed by atoms with Crippen molar-refractivity contribution < 1.29 is 9.31 Å². The first-order valence-electron chi connectivity index (χ1n) is 10.9. The minimum atomic E-state index is -2.16. The van der Waals surface area contributed by atoms with Gasteiger partial charge in [-0.3, -0.25) is 0 Å². The third-order valence-electron chi connectivity index (χ3n) is 6.19. The Morgan fingerprint density at radius 2 is 1.15 bits per heavy atom. The van der Waals surface area contributed by atoms with Crippen molar-refractivity contribution in [2.24, 2.45) is 0 Å². The van der Waals surface area contributed by atoms with Crippen molar-refractivity contribution in [3.05, 3.63) is 22.2 Å². The Hall–Kier alpha value is 0.264. The molecule has 1 heterocycles. The molecule has 1 aliphatic rings. The molecule has 26 heavy (non-hydrogen) atoms. The summed E-state index contributed by atoms with van der Waals surface area (Å²) in [6.07, 6.45) is 12.7. The van der Waals surface area contributed by atoms with Crippen LogP contribution in [-0.2, 0) is 9.31 Å². The van der Waals surface area contributed by atoms with Gasteiger partial charge in [-0.05, 0) is 0 Å². The molecule has 0 bridgehead atoms. The summed E-state index contributed by atoms with van der Waals surface area (Å²) >= 11 is -2.16. The Balaban J connectivity index is 2.78. The van der Waals surface area contributed by atoms with Gasteiger partial charge in [0.1, 0.15) is 0 Å². The summed E-state index contributed by atoms with van der Waals surface area (Å²) in [5, 5.41) is 0. The van der Waals surface area contributed by atoms with Gasteiger partial charge >= 0.3 is 169 Å². The molecule has 1 aliphatic heterocycles. The first-order valence-corrected chi connectivity index (χ1v) is 18.6. The SMILES string of the molecule is CCC[CH2][Sn](/[CH]=C/C=C/B1OC(C)(C)C(C)(C)O1)([CH2]CCC)[CH2]CCC. The summed E-state index contributed by atoms with van der Waals surface area (Å²) in [4.78, 5) is 0. The van der Waals surface area contributed by atoms with E-state index in [9.17, 15) is 0 Å². The van der Waals surface area contributed by atoms with Crippen molar-refractivity contribution in [2.75, 3.05) is 0 Å². The van der Waals surface area contributed by atoms with Crippen molar-refractivity contribution in [1.82, 2.24) is 0 Å². The van der Waals surface area contributed by atoms with E-state index in [1.807, 2.05) is 0 Å². The second-order valence-electron chi connectivity index (χ2n) is 9.04. The third kappa shape index (κ3) is 7.35. The summed E-state index contributed by atoms with van der Waals surface area (Å²) < 4.78 is 19.4. The predicted molar refractivity (Wildman–Crippen MR) is 119 cm³/mol. The zero-order valence-electron chi connectivity index (χ0n) is 18.6. The fourth-order valence-corrected chi connectivity index (χ4v) is 17.7. The van der Waals surface area contributed by atoms with Crippen LogP contribution in [0.25, 0.3) is 0 Å². The Bertz CT molecular complexity index is 419. The second-order valence-corrected chi connectivity index (χ2v) is 22.1. The molecule has 0 aliphatic carbocycles. The van der Waals surface area contributed by atoms with E-state index in [1.54, 1.807) is 0 Å². The molecule has 0 saturated carbocycles. The number of rotatable bonds is 12. The second kappa shape index (κ2) is 11.3. The summed E-state index contributed by atoms with van der Waals surface area (Å²) in [5.74, 6) is 2.09. The van der Waals surface area contributed by atoms with Crippen molar-refractivity contribution in [3.8, 4) is 0 Å². The van der Waals surface area contributed by atoms with Crippen LogP contribution in [0.2, 0.25) is 13.3 Å². The van der Waals surface area contributed by atoms with Gasteiger partial charge in [0.05, 0.1) is 0 Å². The van der Waals surface area contributed by atoms with E-state index < -0.39 is 18.4 Å². The number of hydrogen-bond donors (Lipinski definition) is 0. The molecule has 0 amide bonds. The van der Waals surface area contributed by atoms with E-state index in [-0.39, 0.29) is 18.3 Å². The zero-order valence-corrected chi connectivity index (χ0v) is 21.4. The number of allylic oxidation sites excluding steroid dienone is 2. The number of unbranched alkanes of at least 4 members (excludes halogenated alkanes) is 3. The molecule has 1 saturated heterocycles. The van der Waals surface area contributed by atoms with Gasteiger partial charge in [0.15, 0.2) is 0 Å². The molecule has 0 aromatic rings. The van der Waals surface area contributed by atoms with E-state index in [0.29, 0.717) is 0 Å². The molecule has 0 spiro atoms. The summed E-state index contributed by atoms with van der Waals surface area (Å²) in [5.41, 5.74) is -0.504. The molecule has 0 unspecified atom stereocenters. The van der Waals surface area contributed by atoms with E-state index in [0.717, 1.165) is 0 Å². The summed E-state index contributed by atoms with van der Waals surface area (Å²) in [6, 6.07) is 0. The first kappa shape index (κ1) is 24.3. The summed E-state index contributed by atoms with van der Waals surface area (Å²) in [7, 11) is -0.226. The molecule has 2 nitrogen and oxygen atoms in total. The van der Waals surface area contributed by atoms with Crippen LogP contribution in [0.3, 0.4) is 0 Å². The van der Waals surface area contributed by atoms with Gasteiger partial charge in [0, 0.05) is 0 Å². The van der Waals surface area contributed by atoms with Gasteiger partial charge in [0.25, 0.3) is 0 Å². The normalized spacial score (nSPS) is 19.9. The van der Waals surface area contributed by atoms with Crippen LogP contribution in [-0.4, -0.2) is 36.7 Å². The van der Waals surface area contributed by atoms with Crippen LogP contribution in [0, 0.1) is 0 Å². The van der Waals surface area contributed by atoms with Crippen molar-refractivity contribution in [2.45, 2.75) is 112 Å². The van der Waals surface area contributed by atoms with E-state index in [1.165, 1.54) is 51.8 Å². The number of hydrogen-bond acceptors (Lipinski definition) is 2. The average molecular weight is 469 g/mol. The van der Waals surface area contributed by atoms with Crippen LogP contribution in [0.4, 0.5) is 0 Å².